The summed E-state index contributed by atoms with van der Waals surface area (Å²) in [6.07, 6.45) is 2.52. The molecule has 66 valence electrons. The first kappa shape index (κ1) is 8.73. The van der Waals surface area contributed by atoms with Gasteiger partial charge in [0.15, 0.2) is 0 Å². The normalized spacial score (nSPS) is 22.2. The van der Waals surface area contributed by atoms with E-state index in [2.05, 4.69) is 35.0 Å². The molecule has 0 aliphatic heterocycles. The molecule has 0 saturated heterocycles. The van der Waals surface area contributed by atoms with E-state index in [4.69, 9.17) is 5.73 Å². The molecule has 0 radical (unpaired) electrons. The standard InChI is InChI=1S/C9H12BrNS/c1-6(11)9(4-5-9)7-2-3-8(10)12-7/h2-3,6H,4-5,11H2,1H3. The Labute approximate surface area is 85.1 Å². The smallest absolute Gasteiger partial charge is 0.0701 e. The van der Waals surface area contributed by atoms with Gasteiger partial charge in [-0.25, -0.2) is 0 Å². The molecule has 0 bridgehead atoms. The first-order valence-corrected chi connectivity index (χ1v) is 5.77. The summed E-state index contributed by atoms with van der Waals surface area (Å²) in [5.41, 5.74) is 6.30. The first-order valence-electron chi connectivity index (χ1n) is 4.16. The average Bonchev–Trinajstić information content (AvgIpc) is 2.71. The van der Waals surface area contributed by atoms with Gasteiger partial charge < -0.3 is 5.73 Å². The zero-order valence-corrected chi connectivity index (χ0v) is 9.41. The summed E-state index contributed by atoms with van der Waals surface area (Å²) in [4.78, 5) is 1.45. The highest BCUT2D eigenvalue weighted by Gasteiger charge is 2.48. The van der Waals surface area contributed by atoms with Gasteiger partial charge in [0.05, 0.1) is 3.79 Å². The molecule has 2 rings (SSSR count). The largest absolute Gasteiger partial charge is 0.327 e. The number of halogens is 1. The second-order valence-corrected chi connectivity index (χ2v) is 6.01. The molecular weight excluding hydrogens is 234 g/mol. The van der Waals surface area contributed by atoms with Crippen LogP contribution >= 0.6 is 27.3 Å². The van der Waals surface area contributed by atoms with Crippen molar-refractivity contribution in [3.63, 3.8) is 0 Å². The molecule has 1 aliphatic carbocycles. The molecule has 0 spiro atoms. The van der Waals surface area contributed by atoms with Gasteiger partial charge >= 0.3 is 0 Å². The van der Waals surface area contributed by atoms with Gasteiger partial charge in [-0.3, -0.25) is 0 Å². The summed E-state index contributed by atoms with van der Waals surface area (Å²) in [5, 5.41) is 0. The number of thiophene rings is 1. The van der Waals surface area contributed by atoms with Crippen molar-refractivity contribution < 1.29 is 0 Å². The molecule has 1 aromatic rings. The SMILES string of the molecule is CC(N)C1(c2ccc(Br)s2)CC1. The lowest BCUT2D eigenvalue weighted by molar-refractivity contribution is 0.566. The topological polar surface area (TPSA) is 26.0 Å². The van der Waals surface area contributed by atoms with Crippen molar-refractivity contribution >= 4 is 27.3 Å². The molecule has 1 atom stereocenters. The maximum absolute atomic E-state index is 5.97. The van der Waals surface area contributed by atoms with E-state index >= 15 is 0 Å². The average molecular weight is 246 g/mol. The summed E-state index contributed by atoms with van der Waals surface area (Å²) < 4.78 is 1.21. The van der Waals surface area contributed by atoms with Crippen LogP contribution in [-0.4, -0.2) is 6.04 Å². The Balaban J connectivity index is 2.30. The summed E-state index contributed by atoms with van der Waals surface area (Å²) >= 11 is 5.30. The van der Waals surface area contributed by atoms with Crippen LogP contribution < -0.4 is 5.73 Å². The van der Waals surface area contributed by atoms with E-state index in [1.54, 1.807) is 0 Å². The molecule has 3 heteroatoms. The number of rotatable bonds is 2. The zero-order chi connectivity index (χ0) is 8.77. The van der Waals surface area contributed by atoms with Crippen molar-refractivity contribution in [1.29, 1.82) is 0 Å². The van der Waals surface area contributed by atoms with E-state index in [1.807, 2.05) is 11.3 Å². The van der Waals surface area contributed by atoms with Crippen LogP contribution in [0.25, 0.3) is 0 Å². The summed E-state index contributed by atoms with van der Waals surface area (Å²) in [6.45, 7) is 2.11. The Hall–Kier alpha value is 0.140. The molecule has 1 aliphatic rings. The van der Waals surface area contributed by atoms with Crippen molar-refractivity contribution in [3.8, 4) is 0 Å². The van der Waals surface area contributed by atoms with Gasteiger partial charge in [-0.1, -0.05) is 0 Å². The molecule has 1 aromatic heterocycles. The second-order valence-electron chi connectivity index (χ2n) is 3.55. The Morgan fingerprint density at radius 1 is 1.58 bits per heavy atom. The van der Waals surface area contributed by atoms with Crippen molar-refractivity contribution in [2.45, 2.75) is 31.2 Å². The van der Waals surface area contributed by atoms with Crippen LogP contribution in [0.15, 0.2) is 15.9 Å². The molecule has 1 unspecified atom stereocenters. The van der Waals surface area contributed by atoms with E-state index in [-0.39, 0.29) is 0 Å². The quantitative estimate of drug-likeness (QED) is 0.853. The molecule has 1 fully saturated rings. The molecule has 1 nitrogen and oxygen atoms in total. The molecule has 1 heterocycles. The molecule has 2 N–H and O–H groups in total. The van der Waals surface area contributed by atoms with Crippen LogP contribution in [0.4, 0.5) is 0 Å². The summed E-state index contributed by atoms with van der Waals surface area (Å²) in [6, 6.07) is 4.61. The van der Waals surface area contributed by atoms with Crippen LogP contribution in [0.1, 0.15) is 24.6 Å². The minimum Gasteiger partial charge on any atom is -0.327 e. The third kappa shape index (κ3) is 1.24. The highest BCUT2D eigenvalue weighted by Crippen LogP contribution is 2.52. The van der Waals surface area contributed by atoms with Crippen molar-refractivity contribution in [1.82, 2.24) is 0 Å². The zero-order valence-electron chi connectivity index (χ0n) is 7.01. The third-order valence-electron chi connectivity index (χ3n) is 2.72. The van der Waals surface area contributed by atoms with Crippen molar-refractivity contribution in [2.75, 3.05) is 0 Å². The van der Waals surface area contributed by atoms with E-state index in [1.165, 1.54) is 21.5 Å². The van der Waals surface area contributed by atoms with Gasteiger partial charge in [-0.15, -0.1) is 11.3 Å². The number of hydrogen-bond donors (Lipinski definition) is 1. The van der Waals surface area contributed by atoms with Crippen LogP contribution in [-0.2, 0) is 5.41 Å². The summed E-state index contributed by atoms with van der Waals surface area (Å²) in [5.74, 6) is 0. The first-order chi connectivity index (χ1) is 5.65. The molecule has 0 amide bonds. The van der Waals surface area contributed by atoms with Crippen molar-refractivity contribution in [3.05, 3.63) is 20.8 Å². The molecular formula is C9H12BrNS. The predicted molar refractivity (Wildman–Crippen MR) is 56.6 cm³/mol. The lowest BCUT2D eigenvalue weighted by atomic mass is 9.97. The number of nitrogens with two attached hydrogens (primary N) is 1. The second kappa shape index (κ2) is 2.82. The van der Waals surface area contributed by atoms with E-state index in [0.29, 0.717) is 11.5 Å². The predicted octanol–water partition coefficient (Wildman–Crippen LogP) is 2.89. The Bertz CT molecular complexity index is 288. The number of hydrogen-bond acceptors (Lipinski definition) is 2. The Morgan fingerprint density at radius 3 is 2.58 bits per heavy atom. The van der Waals surface area contributed by atoms with Gasteiger partial charge in [0.2, 0.25) is 0 Å². The van der Waals surface area contributed by atoms with E-state index in [9.17, 15) is 0 Å². The Kier molecular flexibility index (Phi) is 2.05. The van der Waals surface area contributed by atoms with Gasteiger partial charge in [0.1, 0.15) is 0 Å². The van der Waals surface area contributed by atoms with Crippen LogP contribution in [0.3, 0.4) is 0 Å². The third-order valence-corrected chi connectivity index (χ3v) is 4.57. The maximum atomic E-state index is 5.97. The van der Waals surface area contributed by atoms with Crippen LogP contribution in [0, 0.1) is 0 Å². The molecule has 0 aromatic carbocycles. The monoisotopic (exact) mass is 245 g/mol. The highest BCUT2D eigenvalue weighted by atomic mass is 79.9. The van der Waals surface area contributed by atoms with Gasteiger partial charge in [-0.2, -0.15) is 0 Å². The minimum absolute atomic E-state index is 0.294. The van der Waals surface area contributed by atoms with E-state index in [0.717, 1.165) is 0 Å². The van der Waals surface area contributed by atoms with Crippen LogP contribution in [0.2, 0.25) is 0 Å². The van der Waals surface area contributed by atoms with Gasteiger partial charge in [0, 0.05) is 16.3 Å². The maximum Gasteiger partial charge on any atom is 0.0701 e. The minimum atomic E-state index is 0.294. The van der Waals surface area contributed by atoms with E-state index < -0.39 is 0 Å². The lowest BCUT2D eigenvalue weighted by Crippen LogP contribution is -2.30. The lowest BCUT2D eigenvalue weighted by Gasteiger charge is -2.17. The molecule has 12 heavy (non-hydrogen) atoms. The molecule has 1 saturated carbocycles. The fourth-order valence-corrected chi connectivity index (χ4v) is 3.37. The highest BCUT2D eigenvalue weighted by molar-refractivity contribution is 9.11. The fraction of sp³-hybridized carbons (Fsp3) is 0.556. The summed E-state index contributed by atoms with van der Waals surface area (Å²) in [7, 11) is 0. The van der Waals surface area contributed by atoms with Gasteiger partial charge in [0.25, 0.3) is 0 Å². The van der Waals surface area contributed by atoms with Crippen molar-refractivity contribution in [2.24, 2.45) is 5.73 Å². The Morgan fingerprint density at radius 2 is 2.25 bits per heavy atom. The van der Waals surface area contributed by atoms with Gasteiger partial charge in [-0.05, 0) is 47.8 Å². The van der Waals surface area contributed by atoms with Crippen LogP contribution in [0.5, 0.6) is 0 Å². The fourth-order valence-electron chi connectivity index (χ4n) is 1.64.